The number of para-hydroxylation sites is 1. The van der Waals surface area contributed by atoms with Gasteiger partial charge in [-0.05, 0) is 12.1 Å². The van der Waals surface area contributed by atoms with E-state index in [0.29, 0.717) is 6.61 Å². The minimum Gasteiger partial charge on any atom is -0.489 e. The topological polar surface area (TPSA) is 37.7 Å². The van der Waals surface area contributed by atoms with E-state index in [2.05, 4.69) is 6.08 Å². The molecule has 0 N–H and O–H groups in total. The summed E-state index contributed by atoms with van der Waals surface area (Å²) < 4.78 is 5.34. The van der Waals surface area contributed by atoms with E-state index in [9.17, 15) is 0 Å². The van der Waals surface area contributed by atoms with Crippen LogP contribution in [0, 0.1) is 0 Å². The van der Waals surface area contributed by atoms with Crippen molar-refractivity contribution in [1.29, 1.82) is 0 Å². The van der Waals surface area contributed by atoms with Crippen LogP contribution in [-0.4, -0.2) is 6.61 Å². The Kier molecular flexibility index (Phi) is 2.28. The molecular formula is C9H8O2. The summed E-state index contributed by atoms with van der Waals surface area (Å²) in [6.07, 6.45) is 4.10. The average molecular weight is 148 g/mol. The highest BCUT2D eigenvalue weighted by Crippen LogP contribution is 2.21. The molecule has 2 nitrogen and oxygen atoms in total. The molecule has 56 valence electrons. The Morgan fingerprint density at radius 3 is 2.82 bits per heavy atom. The van der Waals surface area contributed by atoms with Gasteiger partial charge in [0.1, 0.15) is 12.4 Å². The van der Waals surface area contributed by atoms with Gasteiger partial charge in [-0.1, -0.05) is 24.3 Å². The van der Waals surface area contributed by atoms with Crippen LogP contribution in [0.25, 0.3) is 6.08 Å². The lowest BCUT2D eigenvalue weighted by molar-refractivity contribution is 0.358. The highest BCUT2D eigenvalue weighted by atomic mass is 16.5. The Hall–Kier alpha value is -1.28. The fraction of sp³-hybridized carbons (Fsp3) is 0.111. The van der Waals surface area contributed by atoms with E-state index >= 15 is 0 Å². The Balaban J connectivity index is 0.000000605. The first-order chi connectivity index (χ1) is 4.97. The summed E-state index contributed by atoms with van der Waals surface area (Å²) in [5.74, 6) is 0.991. The van der Waals surface area contributed by atoms with Gasteiger partial charge in [0.25, 0.3) is 0 Å². The maximum absolute atomic E-state index is 5.34. The molecule has 0 bridgehead atoms. The van der Waals surface area contributed by atoms with Gasteiger partial charge in [-0.25, -0.2) is 0 Å². The second-order valence-electron chi connectivity index (χ2n) is 2.25. The Morgan fingerprint density at radius 2 is 2.00 bits per heavy atom. The Morgan fingerprint density at radius 1 is 1.18 bits per heavy atom. The van der Waals surface area contributed by atoms with Crippen molar-refractivity contribution >= 4 is 6.08 Å². The molecule has 11 heavy (non-hydrogen) atoms. The smallest absolute Gasteiger partial charge is 0.126 e. The van der Waals surface area contributed by atoms with Crippen LogP contribution >= 0.6 is 0 Å². The van der Waals surface area contributed by atoms with Crippen LogP contribution in [0.15, 0.2) is 30.3 Å². The second-order valence-corrected chi connectivity index (χ2v) is 2.25. The zero-order valence-corrected chi connectivity index (χ0v) is 5.99. The van der Waals surface area contributed by atoms with Gasteiger partial charge in [0, 0.05) is 11.0 Å². The molecule has 0 aliphatic carbocycles. The summed E-state index contributed by atoms with van der Waals surface area (Å²) in [5, 5.41) is 0. The third-order valence-electron chi connectivity index (χ3n) is 1.55. The predicted octanol–water partition coefficient (Wildman–Crippen LogP) is 1.97. The molecule has 2 rings (SSSR count). The minimum absolute atomic E-state index is 0. The third-order valence-corrected chi connectivity index (χ3v) is 1.55. The van der Waals surface area contributed by atoms with Crippen molar-refractivity contribution in [2.75, 3.05) is 6.61 Å². The molecule has 0 atom stereocenters. The SMILES string of the molecule is C1=Cc2ccccc2OC1.[O]. The van der Waals surface area contributed by atoms with Crippen molar-refractivity contribution in [3.05, 3.63) is 35.9 Å². The quantitative estimate of drug-likeness (QED) is 0.554. The van der Waals surface area contributed by atoms with E-state index in [1.807, 2.05) is 30.3 Å². The highest BCUT2D eigenvalue weighted by Gasteiger charge is 2.01. The van der Waals surface area contributed by atoms with Gasteiger partial charge in [-0.2, -0.15) is 0 Å². The number of rotatable bonds is 0. The fourth-order valence-electron chi connectivity index (χ4n) is 1.06. The summed E-state index contributed by atoms with van der Waals surface area (Å²) in [4.78, 5) is 0. The molecule has 1 aliphatic heterocycles. The number of ether oxygens (including phenoxy) is 1. The first-order valence-corrected chi connectivity index (χ1v) is 3.35. The van der Waals surface area contributed by atoms with E-state index in [4.69, 9.17) is 4.74 Å². The van der Waals surface area contributed by atoms with Crippen LogP contribution in [0.4, 0.5) is 0 Å². The van der Waals surface area contributed by atoms with Crippen molar-refractivity contribution in [1.82, 2.24) is 0 Å². The largest absolute Gasteiger partial charge is 0.489 e. The molecule has 0 fully saturated rings. The van der Waals surface area contributed by atoms with Crippen LogP contribution < -0.4 is 4.74 Å². The third kappa shape index (κ3) is 1.41. The van der Waals surface area contributed by atoms with E-state index in [1.165, 1.54) is 5.56 Å². The van der Waals surface area contributed by atoms with Crippen LogP contribution in [0.1, 0.15) is 5.56 Å². The maximum atomic E-state index is 5.34. The first-order valence-electron chi connectivity index (χ1n) is 3.35. The van der Waals surface area contributed by atoms with Crippen LogP contribution in [0.5, 0.6) is 5.75 Å². The lowest BCUT2D eigenvalue weighted by atomic mass is 10.1. The lowest BCUT2D eigenvalue weighted by Crippen LogP contribution is -1.98. The Labute approximate surface area is 65.4 Å². The van der Waals surface area contributed by atoms with Gasteiger partial charge in [0.15, 0.2) is 0 Å². The molecule has 0 saturated heterocycles. The fourth-order valence-corrected chi connectivity index (χ4v) is 1.06. The zero-order chi connectivity index (χ0) is 6.81. The summed E-state index contributed by atoms with van der Waals surface area (Å²) >= 11 is 0. The normalized spacial score (nSPS) is 12.7. The van der Waals surface area contributed by atoms with Crippen molar-refractivity contribution in [2.45, 2.75) is 0 Å². The van der Waals surface area contributed by atoms with Crippen molar-refractivity contribution in [3.8, 4) is 5.75 Å². The molecule has 0 spiro atoms. The van der Waals surface area contributed by atoms with Gasteiger partial charge in [0.05, 0.1) is 0 Å². The van der Waals surface area contributed by atoms with Crippen LogP contribution in [0.2, 0.25) is 0 Å². The summed E-state index contributed by atoms with van der Waals surface area (Å²) in [6, 6.07) is 8.03. The van der Waals surface area contributed by atoms with Crippen LogP contribution in [0.3, 0.4) is 0 Å². The van der Waals surface area contributed by atoms with E-state index in [1.54, 1.807) is 0 Å². The highest BCUT2D eigenvalue weighted by molar-refractivity contribution is 5.58. The van der Waals surface area contributed by atoms with Gasteiger partial charge in [0.2, 0.25) is 0 Å². The standard InChI is InChI=1S/C9H8O.O/c1-2-6-9-8(4-1)5-3-7-10-9;/h1-6H,7H2;. The van der Waals surface area contributed by atoms with Crippen molar-refractivity contribution in [2.24, 2.45) is 0 Å². The van der Waals surface area contributed by atoms with Crippen LogP contribution in [-0.2, 0) is 5.48 Å². The molecular weight excluding hydrogens is 140 g/mol. The van der Waals surface area contributed by atoms with Crippen molar-refractivity contribution < 1.29 is 10.2 Å². The molecule has 0 saturated carbocycles. The lowest BCUT2D eigenvalue weighted by Gasteiger charge is -2.10. The van der Waals surface area contributed by atoms with Gasteiger partial charge >= 0.3 is 0 Å². The Bertz CT molecular complexity index is 266. The predicted molar refractivity (Wildman–Crippen MR) is 41.7 cm³/mol. The summed E-state index contributed by atoms with van der Waals surface area (Å²) in [6.45, 7) is 0.705. The van der Waals surface area contributed by atoms with Gasteiger partial charge in [-0.3, -0.25) is 0 Å². The average Bonchev–Trinajstić information content (AvgIpc) is 2.05. The molecule has 0 aromatic heterocycles. The van der Waals surface area contributed by atoms with E-state index in [0.717, 1.165) is 5.75 Å². The molecule has 1 aliphatic rings. The summed E-state index contributed by atoms with van der Waals surface area (Å²) in [5.41, 5.74) is 1.17. The van der Waals surface area contributed by atoms with Gasteiger partial charge in [-0.15, -0.1) is 0 Å². The van der Waals surface area contributed by atoms with Gasteiger partial charge < -0.3 is 4.74 Å². The molecule has 1 heterocycles. The number of fused-ring (bicyclic) bond motifs is 1. The number of benzene rings is 1. The minimum atomic E-state index is 0. The van der Waals surface area contributed by atoms with Crippen molar-refractivity contribution in [3.63, 3.8) is 0 Å². The molecule has 1 aromatic carbocycles. The molecule has 2 radical (unpaired) electrons. The first kappa shape index (κ1) is 7.82. The maximum Gasteiger partial charge on any atom is 0.126 e. The number of hydrogen-bond donors (Lipinski definition) is 0. The van der Waals surface area contributed by atoms with E-state index < -0.39 is 0 Å². The summed E-state index contributed by atoms with van der Waals surface area (Å²) in [7, 11) is 0. The zero-order valence-electron chi connectivity index (χ0n) is 5.99. The second kappa shape index (κ2) is 3.21. The molecule has 1 aromatic rings. The number of hydrogen-bond acceptors (Lipinski definition) is 1. The monoisotopic (exact) mass is 148 g/mol. The molecule has 0 amide bonds. The van der Waals surface area contributed by atoms with E-state index in [-0.39, 0.29) is 5.48 Å². The molecule has 2 heteroatoms. The molecule has 0 unspecified atom stereocenters.